The van der Waals surface area contributed by atoms with E-state index in [2.05, 4.69) is 173 Å². The standard InChI is InChI=1S/2C29H31.C2H6Si.2ClH.Zr/c2*1-2-15-29(16-6-3-7-17-29)21-22-18-25-11-8-12-27(28(25)19-22)26-14-13-23-9-4-5-10-24(23)20-26;1-3-2;;;/h2*4-5,8-14,18-20H,2-3,6-7,15-17,21H2,1H3;1-2H3;2*1H;/q2*-1;;;;+4/p-2. The van der Waals surface area contributed by atoms with E-state index in [-0.39, 0.29) is 0 Å². The number of halogens is 2. The van der Waals surface area contributed by atoms with Gasteiger partial charge in [-0.25, -0.2) is 0 Å². The molecule has 0 spiro atoms. The van der Waals surface area contributed by atoms with Gasteiger partial charge in [0, 0.05) is 9.52 Å². The predicted molar refractivity (Wildman–Crippen MR) is 282 cm³/mol. The molecule has 2 aliphatic carbocycles. The minimum absolute atomic E-state index is 0.542. The molecule has 0 aromatic heterocycles. The van der Waals surface area contributed by atoms with Gasteiger partial charge in [-0.1, -0.05) is 174 Å². The van der Waals surface area contributed by atoms with Crippen LogP contribution < -0.4 is 0 Å². The zero-order chi connectivity index (χ0) is 44.8. The topological polar surface area (TPSA) is 0 Å². The molecule has 0 atom stereocenters. The van der Waals surface area contributed by atoms with Crippen molar-refractivity contribution in [1.29, 1.82) is 0 Å². The van der Waals surface area contributed by atoms with Crippen molar-refractivity contribution < 1.29 is 20.8 Å². The van der Waals surface area contributed by atoms with Gasteiger partial charge in [0.1, 0.15) is 0 Å². The predicted octanol–water partition coefficient (Wildman–Crippen LogP) is 19.5. The van der Waals surface area contributed by atoms with E-state index < -0.39 is 20.8 Å². The molecule has 10 rings (SSSR count). The molecule has 8 aromatic carbocycles. The normalized spacial score (nSPS) is 15.3. The zero-order valence-corrected chi connectivity index (χ0v) is 43.9. The van der Waals surface area contributed by atoms with Crippen LogP contribution in [0.4, 0.5) is 0 Å². The average molecular weight is 979 g/mol. The summed E-state index contributed by atoms with van der Waals surface area (Å²) in [6, 6.07) is 54.6. The van der Waals surface area contributed by atoms with Crippen LogP contribution in [0.3, 0.4) is 0 Å². The quantitative estimate of drug-likeness (QED) is 0.0946. The van der Waals surface area contributed by atoms with Crippen LogP contribution in [-0.4, -0.2) is 9.52 Å². The van der Waals surface area contributed by atoms with E-state index in [0.29, 0.717) is 10.8 Å². The third kappa shape index (κ3) is 12.2. The molecule has 2 fully saturated rings. The van der Waals surface area contributed by atoms with E-state index in [1.165, 1.54) is 168 Å². The van der Waals surface area contributed by atoms with Gasteiger partial charge in [-0.2, -0.15) is 12.1 Å². The van der Waals surface area contributed by atoms with Crippen LogP contribution in [0.15, 0.2) is 146 Å². The molecule has 0 bridgehead atoms. The van der Waals surface area contributed by atoms with Gasteiger partial charge in [0.05, 0.1) is 0 Å². The van der Waals surface area contributed by atoms with Gasteiger partial charge in [0.15, 0.2) is 0 Å². The Morgan fingerprint density at radius 1 is 0.484 bits per heavy atom. The zero-order valence-electron chi connectivity index (χ0n) is 38.9. The Labute approximate surface area is 406 Å². The Bertz CT molecular complexity index is 2480. The van der Waals surface area contributed by atoms with E-state index in [9.17, 15) is 0 Å². The molecule has 2 radical (unpaired) electrons. The Hall–Kier alpha value is -3.26. The van der Waals surface area contributed by atoms with Gasteiger partial charge < -0.3 is 0 Å². The third-order valence-electron chi connectivity index (χ3n) is 14.3. The summed E-state index contributed by atoms with van der Waals surface area (Å²) in [5, 5.41) is 10.9. The first-order valence-electron chi connectivity index (χ1n) is 24.3. The van der Waals surface area contributed by atoms with Crippen LogP contribution in [0.5, 0.6) is 0 Å². The summed E-state index contributed by atoms with van der Waals surface area (Å²) in [5.41, 5.74) is 9.56. The maximum absolute atomic E-state index is 4.93. The number of hydrogen-bond acceptors (Lipinski definition) is 0. The van der Waals surface area contributed by atoms with Crippen molar-refractivity contribution in [3.8, 4) is 22.3 Å². The van der Waals surface area contributed by atoms with E-state index in [4.69, 9.17) is 17.0 Å². The van der Waals surface area contributed by atoms with Crippen LogP contribution in [0.25, 0.3) is 65.3 Å². The average Bonchev–Trinajstić information content (AvgIpc) is 3.93. The Balaban J connectivity index is 0.000000171. The molecule has 0 unspecified atom stereocenters. The van der Waals surface area contributed by atoms with Gasteiger partial charge in [-0.3, -0.25) is 0 Å². The Morgan fingerprint density at radius 2 is 0.859 bits per heavy atom. The summed E-state index contributed by atoms with van der Waals surface area (Å²) in [6.07, 6.45) is 22.1. The Morgan fingerprint density at radius 3 is 1.23 bits per heavy atom. The first-order chi connectivity index (χ1) is 31.4. The summed E-state index contributed by atoms with van der Waals surface area (Å²) in [5.74, 6) is 0. The fourth-order valence-electron chi connectivity index (χ4n) is 11.6. The van der Waals surface area contributed by atoms with E-state index in [0.717, 1.165) is 9.52 Å². The Kier molecular flexibility index (Phi) is 18.2. The number of fused-ring (bicyclic) bond motifs is 4. The summed E-state index contributed by atoms with van der Waals surface area (Å²) in [7, 11) is 11.0. The van der Waals surface area contributed by atoms with Crippen molar-refractivity contribution in [3.63, 3.8) is 0 Å². The first-order valence-corrected chi connectivity index (χ1v) is 32.6. The van der Waals surface area contributed by atoms with Gasteiger partial charge in [0.25, 0.3) is 0 Å². The monoisotopic (exact) mass is 976 g/mol. The van der Waals surface area contributed by atoms with Crippen molar-refractivity contribution in [2.45, 2.75) is 130 Å². The minimum atomic E-state index is -0.826. The number of hydrogen-bond donors (Lipinski definition) is 0. The van der Waals surface area contributed by atoms with Crippen molar-refractivity contribution >= 4 is 69.6 Å². The van der Waals surface area contributed by atoms with Crippen LogP contribution in [-0.2, 0) is 33.7 Å². The van der Waals surface area contributed by atoms with E-state index >= 15 is 0 Å². The second-order valence-electron chi connectivity index (χ2n) is 19.0. The molecule has 8 aromatic rings. The molecule has 4 heteroatoms. The van der Waals surface area contributed by atoms with E-state index in [1.807, 2.05) is 0 Å². The molecule has 2 aliphatic rings. The van der Waals surface area contributed by atoms with Crippen LogP contribution in [0.1, 0.15) is 115 Å². The fourth-order valence-corrected chi connectivity index (χ4v) is 11.6. The molecular weight excluding hydrogens is 911 g/mol. The molecule has 0 heterocycles. The first kappa shape index (κ1) is 48.7. The van der Waals surface area contributed by atoms with Crippen molar-refractivity contribution in [2.24, 2.45) is 10.8 Å². The van der Waals surface area contributed by atoms with Crippen molar-refractivity contribution in [3.05, 3.63) is 157 Å². The summed E-state index contributed by atoms with van der Waals surface area (Å²) >= 11 is -0.826. The van der Waals surface area contributed by atoms with Crippen molar-refractivity contribution in [2.75, 3.05) is 0 Å². The molecule has 330 valence electrons. The number of rotatable bonds is 10. The van der Waals surface area contributed by atoms with Gasteiger partial charge in [-0.05, 0) is 107 Å². The fraction of sp³-hybridized carbons (Fsp3) is 0.367. The molecular formula is C60H68Cl2SiZr. The van der Waals surface area contributed by atoms with Crippen LogP contribution >= 0.6 is 17.0 Å². The molecule has 2 saturated carbocycles. The molecule has 0 amide bonds. The van der Waals surface area contributed by atoms with Gasteiger partial charge in [-0.15, -0.1) is 69.1 Å². The molecule has 0 saturated heterocycles. The molecule has 0 aliphatic heterocycles. The van der Waals surface area contributed by atoms with Gasteiger partial charge in [0.2, 0.25) is 0 Å². The summed E-state index contributed by atoms with van der Waals surface area (Å²) in [4.78, 5) is 0. The second kappa shape index (κ2) is 24.0. The summed E-state index contributed by atoms with van der Waals surface area (Å²) < 4.78 is 0. The third-order valence-corrected chi connectivity index (χ3v) is 14.3. The van der Waals surface area contributed by atoms with Crippen molar-refractivity contribution in [1.82, 2.24) is 0 Å². The summed E-state index contributed by atoms with van der Waals surface area (Å²) in [6.45, 7) is 9.02. The van der Waals surface area contributed by atoms with Crippen LogP contribution in [0.2, 0.25) is 13.1 Å². The molecule has 64 heavy (non-hydrogen) atoms. The maximum atomic E-state index is 4.93. The van der Waals surface area contributed by atoms with Crippen LogP contribution in [0, 0.1) is 10.8 Å². The molecule has 0 N–H and O–H groups in total. The number of benzene rings is 6. The van der Waals surface area contributed by atoms with Gasteiger partial charge >= 0.3 is 37.9 Å². The SMILES string of the molecule is CCCC1(Cc2cc3c(-c4ccc5ccccc5c4)cccc3[cH-]2)CCCCC1.CCCC1(Cc2cc3c(-c4ccc5ccccc5c4)cccc3[cH-]2)CCCCC1.C[Si]C.[Cl][Zr+2][Cl]. The van der Waals surface area contributed by atoms with E-state index in [1.54, 1.807) is 11.1 Å². The second-order valence-corrected chi connectivity index (χ2v) is 23.7. The molecule has 0 nitrogen and oxygen atoms in total.